The lowest BCUT2D eigenvalue weighted by Gasteiger charge is -2.35. The summed E-state index contributed by atoms with van der Waals surface area (Å²) in [5.74, 6) is 0. The van der Waals surface area contributed by atoms with E-state index in [1.807, 2.05) is 23.2 Å². The first kappa shape index (κ1) is 26.5. The lowest BCUT2D eigenvalue weighted by Crippen LogP contribution is -2.36. The minimum Gasteiger partial charge on any atom is -0.299 e. The number of anilines is 3. The zero-order chi connectivity index (χ0) is 24.9. The van der Waals surface area contributed by atoms with Crippen molar-refractivity contribution in [3.05, 3.63) is 53.6 Å². The summed E-state index contributed by atoms with van der Waals surface area (Å²) < 4.78 is 0. The lowest BCUT2D eigenvalue weighted by molar-refractivity contribution is -0.0597. The van der Waals surface area contributed by atoms with Crippen LogP contribution in [0.1, 0.15) is 91.7 Å². The number of nitrogens with one attached hydrogen (secondary N) is 1. The number of para-hydroxylation sites is 2. The van der Waals surface area contributed by atoms with E-state index >= 15 is 0 Å². The Balaban J connectivity index is 2.05. The summed E-state index contributed by atoms with van der Waals surface area (Å²) in [7, 11) is 0. The van der Waals surface area contributed by atoms with Crippen molar-refractivity contribution in [1.29, 1.82) is 0 Å². The fourth-order valence-electron chi connectivity index (χ4n) is 5.26. The summed E-state index contributed by atoms with van der Waals surface area (Å²) in [4.78, 5) is 2.57. The second-order valence-corrected chi connectivity index (χ2v) is 11.7. The summed E-state index contributed by atoms with van der Waals surface area (Å²) in [5, 5.41) is 14.0. The van der Waals surface area contributed by atoms with Crippen LogP contribution in [-0.4, -0.2) is 28.5 Å². The van der Waals surface area contributed by atoms with Crippen molar-refractivity contribution < 1.29 is 5.21 Å². The van der Waals surface area contributed by atoms with Gasteiger partial charge in [-0.15, -0.1) is 0 Å². The topological polar surface area (TPSA) is 42.0 Å². The third-order valence-electron chi connectivity index (χ3n) is 6.66. The number of rotatable bonds is 11. The van der Waals surface area contributed by atoms with Crippen LogP contribution in [0.15, 0.2) is 42.5 Å². The van der Waals surface area contributed by atoms with E-state index in [9.17, 15) is 5.21 Å². The average Bonchev–Trinajstić information content (AvgIpc) is 3.09. The van der Waals surface area contributed by atoms with Crippen LogP contribution < -0.4 is 10.4 Å². The molecule has 0 saturated heterocycles. The Kier molecular flexibility index (Phi) is 8.66. The Hall–Kier alpha value is -2.08. The average molecular weight is 467 g/mol. The Morgan fingerprint density at radius 2 is 1.53 bits per heavy atom. The molecule has 0 aromatic heterocycles. The van der Waals surface area contributed by atoms with Gasteiger partial charge in [0.2, 0.25) is 0 Å². The molecule has 1 aliphatic rings. The molecule has 2 N–H and O–H groups in total. The molecule has 0 fully saturated rings. The number of nitrogens with zero attached hydrogens (tertiary/aromatic N) is 3. The van der Waals surface area contributed by atoms with Gasteiger partial charge in [0.25, 0.3) is 0 Å². The maximum atomic E-state index is 10.9. The predicted octanol–water partition coefficient (Wildman–Crippen LogP) is 7.89. The van der Waals surface area contributed by atoms with Crippen molar-refractivity contribution in [2.75, 3.05) is 23.5 Å². The van der Waals surface area contributed by atoms with Crippen LogP contribution in [0.4, 0.5) is 17.1 Å². The van der Waals surface area contributed by atoms with Crippen molar-refractivity contribution in [3.63, 3.8) is 0 Å². The number of hydrogen-bond acceptors (Lipinski definition) is 5. The van der Waals surface area contributed by atoms with Gasteiger partial charge in [0.1, 0.15) is 0 Å². The van der Waals surface area contributed by atoms with E-state index in [-0.39, 0.29) is 10.8 Å². The van der Waals surface area contributed by atoms with E-state index < -0.39 is 0 Å². The van der Waals surface area contributed by atoms with Crippen LogP contribution >= 0.6 is 0 Å². The Labute approximate surface area is 207 Å². The van der Waals surface area contributed by atoms with Crippen LogP contribution in [0.25, 0.3) is 0 Å². The summed E-state index contributed by atoms with van der Waals surface area (Å²) in [6, 6.07) is 15.0. The molecule has 188 valence electrons. The fraction of sp³-hybridized carbons (Fsp3) is 0.586. The zero-order valence-corrected chi connectivity index (χ0v) is 22.5. The molecule has 34 heavy (non-hydrogen) atoms. The van der Waals surface area contributed by atoms with Gasteiger partial charge in [0.05, 0.1) is 17.1 Å². The smallest absolute Gasteiger partial charge is 0.0868 e. The highest BCUT2D eigenvalue weighted by atomic mass is 16.6. The van der Waals surface area contributed by atoms with Gasteiger partial charge < -0.3 is 0 Å². The molecule has 0 amide bonds. The van der Waals surface area contributed by atoms with Crippen LogP contribution in [0.2, 0.25) is 0 Å². The summed E-state index contributed by atoms with van der Waals surface area (Å²) in [6.45, 7) is 19.2. The molecule has 2 aromatic rings. The van der Waals surface area contributed by atoms with Gasteiger partial charge in [-0.1, -0.05) is 85.6 Å². The third-order valence-corrected chi connectivity index (χ3v) is 6.66. The molecular weight excluding hydrogens is 420 g/mol. The number of unbranched alkanes of at least 4 members (excludes halogenated alkanes) is 2. The van der Waals surface area contributed by atoms with E-state index in [0.717, 1.165) is 48.4 Å². The largest absolute Gasteiger partial charge is 0.299 e. The lowest BCUT2D eigenvalue weighted by atomic mass is 9.72. The minimum atomic E-state index is 0.0165. The molecule has 1 heterocycles. The first-order valence-electron chi connectivity index (χ1n) is 13.1. The molecule has 1 aliphatic heterocycles. The Morgan fingerprint density at radius 3 is 2.15 bits per heavy atom. The molecule has 3 rings (SSSR count). The first-order chi connectivity index (χ1) is 16.1. The standard InChI is InChI=1S/C29H46N4O/c1-8-10-18-31(19-11-9-2)21-23-16-17-24(29(6,7)22-28(3,4)5)20-27(23)32-26-15-13-12-14-25(26)30-33(32)34/h12-17,20,30,34H,8-11,18-19,21-22H2,1-7H3. The molecule has 0 aliphatic carbocycles. The second-order valence-electron chi connectivity index (χ2n) is 11.7. The van der Waals surface area contributed by atoms with Crippen molar-refractivity contribution in [3.8, 4) is 0 Å². The van der Waals surface area contributed by atoms with E-state index in [1.165, 1.54) is 36.8 Å². The zero-order valence-electron chi connectivity index (χ0n) is 22.5. The van der Waals surface area contributed by atoms with Crippen molar-refractivity contribution in [2.45, 2.75) is 92.5 Å². The third kappa shape index (κ3) is 6.53. The van der Waals surface area contributed by atoms with E-state index in [2.05, 4.69) is 83.1 Å². The number of hydrazine groups is 2. The maximum absolute atomic E-state index is 10.9. The van der Waals surface area contributed by atoms with E-state index in [1.54, 1.807) is 0 Å². The van der Waals surface area contributed by atoms with Gasteiger partial charge >= 0.3 is 0 Å². The quantitative estimate of drug-likeness (QED) is 0.352. The Bertz CT molecular complexity index is 926. The number of fused-ring (bicyclic) bond motifs is 1. The molecule has 0 unspecified atom stereocenters. The SMILES string of the molecule is CCCCN(CCCC)Cc1ccc(C(C)(C)CC(C)(C)C)cc1N1c2ccccc2NN1O. The van der Waals surface area contributed by atoms with Gasteiger partial charge in [0.15, 0.2) is 0 Å². The predicted molar refractivity (Wildman–Crippen MR) is 144 cm³/mol. The van der Waals surface area contributed by atoms with Crippen LogP contribution in [0, 0.1) is 5.41 Å². The molecule has 0 spiro atoms. The van der Waals surface area contributed by atoms with Crippen LogP contribution in [0.5, 0.6) is 0 Å². The van der Waals surface area contributed by atoms with Gasteiger partial charge in [0, 0.05) is 11.8 Å². The van der Waals surface area contributed by atoms with Gasteiger partial charge in [-0.05, 0) is 72.5 Å². The molecule has 0 atom stereocenters. The monoisotopic (exact) mass is 466 g/mol. The highest BCUT2D eigenvalue weighted by Crippen LogP contribution is 2.43. The van der Waals surface area contributed by atoms with E-state index in [4.69, 9.17) is 0 Å². The molecule has 0 saturated carbocycles. The van der Waals surface area contributed by atoms with Gasteiger partial charge in [-0.25, -0.2) is 5.01 Å². The molecular formula is C29H46N4O. The number of hydrogen-bond donors (Lipinski definition) is 2. The van der Waals surface area contributed by atoms with Gasteiger partial charge in [-0.2, -0.15) is 0 Å². The normalized spacial score (nSPS) is 14.6. The minimum absolute atomic E-state index is 0.0165. The summed E-state index contributed by atoms with van der Waals surface area (Å²) in [5.41, 5.74) is 8.78. The summed E-state index contributed by atoms with van der Waals surface area (Å²) >= 11 is 0. The molecule has 0 bridgehead atoms. The highest BCUT2D eigenvalue weighted by Gasteiger charge is 2.32. The number of benzene rings is 2. The van der Waals surface area contributed by atoms with E-state index in [0.29, 0.717) is 0 Å². The van der Waals surface area contributed by atoms with Crippen LogP contribution in [0.3, 0.4) is 0 Å². The van der Waals surface area contributed by atoms with Crippen molar-refractivity contribution >= 4 is 17.1 Å². The fourth-order valence-corrected chi connectivity index (χ4v) is 5.26. The van der Waals surface area contributed by atoms with Crippen molar-refractivity contribution in [1.82, 2.24) is 10.2 Å². The van der Waals surface area contributed by atoms with Crippen LogP contribution in [-0.2, 0) is 12.0 Å². The highest BCUT2D eigenvalue weighted by molar-refractivity contribution is 5.80. The first-order valence-corrected chi connectivity index (χ1v) is 13.1. The summed E-state index contributed by atoms with van der Waals surface area (Å²) in [6.07, 6.45) is 5.88. The second kappa shape index (κ2) is 11.1. The molecule has 5 heteroatoms. The molecule has 0 radical (unpaired) electrons. The van der Waals surface area contributed by atoms with Crippen molar-refractivity contribution in [2.24, 2.45) is 5.41 Å². The molecule has 2 aromatic carbocycles. The Morgan fingerprint density at radius 1 is 0.882 bits per heavy atom. The van der Waals surface area contributed by atoms with Gasteiger partial charge in [-0.3, -0.25) is 15.5 Å². The molecule has 5 nitrogen and oxygen atoms in total. The maximum Gasteiger partial charge on any atom is 0.0868 e.